The predicted octanol–water partition coefficient (Wildman–Crippen LogP) is 2.29. The molecule has 0 amide bonds. The summed E-state index contributed by atoms with van der Waals surface area (Å²) in [5.74, 6) is -3.96. The van der Waals surface area contributed by atoms with Crippen molar-refractivity contribution in [3.8, 4) is 5.75 Å². The van der Waals surface area contributed by atoms with E-state index in [9.17, 15) is 22.8 Å². The molecule has 8 heteroatoms. The molecule has 5 nitrogen and oxygen atoms in total. The Morgan fingerprint density at radius 2 is 1.50 bits per heavy atom. The lowest BCUT2D eigenvalue weighted by Crippen LogP contribution is -2.18. The molecule has 0 heterocycles. The molecule has 0 unspecified atom stereocenters. The largest absolute Gasteiger partial charge is 0.573 e. The van der Waals surface area contributed by atoms with Crippen LogP contribution in [0.2, 0.25) is 0 Å². The van der Waals surface area contributed by atoms with E-state index < -0.39 is 35.2 Å². The number of aromatic carboxylic acids is 2. The van der Waals surface area contributed by atoms with Gasteiger partial charge in [0.1, 0.15) is 5.75 Å². The van der Waals surface area contributed by atoms with Gasteiger partial charge in [0.05, 0.1) is 11.1 Å². The maximum absolute atomic E-state index is 12.0. The number of hydrogen-bond acceptors (Lipinski definition) is 3. The highest BCUT2D eigenvalue weighted by atomic mass is 19.4. The van der Waals surface area contributed by atoms with E-state index in [0.717, 1.165) is 0 Å². The second kappa shape index (κ2) is 4.55. The third-order valence-corrected chi connectivity index (χ3v) is 2.08. The average molecular weight is 264 g/mol. The normalized spacial score (nSPS) is 11.1. The van der Waals surface area contributed by atoms with Gasteiger partial charge in [-0.2, -0.15) is 0 Å². The molecule has 0 aliphatic rings. The molecule has 18 heavy (non-hydrogen) atoms. The zero-order valence-electron chi connectivity index (χ0n) is 8.91. The van der Waals surface area contributed by atoms with E-state index in [4.69, 9.17) is 10.2 Å². The fraction of sp³-hybridized carbons (Fsp3) is 0.200. The van der Waals surface area contributed by atoms with Crippen molar-refractivity contribution in [1.82, 2.24) is 0 Å². The van der Waals surface area contributed by atoms with Gasteiger partial charge in [0.2, 0.25) is 0 Å². The van der Waals surface area contributed by atoms with E-state index in [0.29, 0.717) is 12.1 Å². The molecule has 0 aliphatic carbocycles. The molecule has 1 aromatic rings. The maximum Gasteiger partial charge on any atom is 0.573 e. The summed E-state index contributed by atoms with van der Waals surface area (Å²) in [7, 11) is 0. The van der Waals surface area contributed by atoms with E-state index in [2.05, 4.69) is 4.74 Å². The first-order valence-electron chi connectivity index (χ1n) is 4.49. The standard InChI is InChI=1S/C10H7F3O5/c1-4-6(8(14)15)2-5(18-10(11,12)13)3-7(4)9(16)17/h2-3H,1H3,(H,14,15)(H,16,17). The van der Waals surface area contributed by atoms with Crippen molar-refractivity contribution < 1.29 is 37.7 Å². The highest BCUT2D eigenvalue weighted by molar-refractivity contribution is 5.97. The fourth-order valence-corrected chi connectivity index (χ4v) is 1.32. The van der Waals surface area contributed by atoms with Crippen LogP contribution in [0.25, 0.3) is 0 Å². The number of rotatable bonds is 3. The summed E-state index contributed by atoms with van der Waals surface area (Å²) in [6.45, 7) is 1.18. The van der Waals surface area contributed by atoms with Gasteiger partial charge in [-0.15, -0.1) is 13.2 Å². The van der Waals surface area contributed by atoms with Gasteiger partial charge >= 0.3 is 18.3 Å². The van der Waals surface area contributed by atoms with Gasteiger partial charge in [-0.05, 0) is 24.6 Å². The maximum atomic E-state index is 12.0. The Kier molecular flexibility index (Phi) is 3.49. The molecule has 1 aromatic carbocycles. The van der Waals surface area contributed by atoms with Crippen molar-refractivity contribution in [2.24, 2.45) is 0 Å². The molecule has 98 valence electrons. The van der Waals surface area contributed by atoms with Crippen molar-refractivity contribution in [1.29, 1.82) is 0 Å². The van der Waals surface area contributed by atoms with Gasteiger partial charge in [-0.3, -0.25) is 0 Å². The van der Waals surface area contributed by atoms with Crippen LogP contribution < -0.4 is 4.74 Å². The van der Waals surface area contributed by atoms with Crippen LogP contribution in [0.15, 0.2) is 12.1 Å². The molecule has 0 radical (unpaired) electrons. The predicted molar refractivity (Wildman–Crippen MR) is 51.8 cm³/mol. The summed E-state index contributed by atoms with van der Waals surface area (Å²) in [5, 5.41) is 17.5. The summed E-state index contributed by atoms with van der Waals surface area (Å²) < 4.78 is 39.5. The minimum atomic E-state index is -5.03. The first-order chi connectivity index (χ1) is 8.11. The molecule has 0 bridgehead atoms. The third kappa shape index (κ3) is 3.12. The molecule has 0 saturated heterocycles. The Labute approximate surface area is 98.4 Å². The number of carboxylic acids is 2. The van der Waals surface area contributed by atoms with Crippen molar-refractivity contribution in [3.63, 3.8) is 0 Å². The number of ether oxygens (including phenoxy) is 1. The average Bonchev–Trinajstić information content (AvgIpc) is 2.17. The number of carbonyl (C=O) groups is 2. The zero-order valence-corrected chi connectivity index (χ0v) is 8.91. The van der Waals surface area contributed by atoms with E-state index in [1.807, 2.05) is 0 Å². The van der Waals surface area contributed by atoms with Gasteiger partial charge in [0.15, 0.2) is 0 Å². The smallest absolute Gasteiger partial charge is 0.478 e. The number of hydrogen-bond donors (Lipinski definition) is 2. The van der Waals surface area contributed by atoms with Gasteiger partial charge in [-0.25, -0.2) is 9.59 Å². The lowest BCUT2D eigenvalue weighted by Gasteiger charge is -2.12. The molecular formula is C10H7F3O5. The van der Waals surface area contributed by atoms with Crippen LogP contribution in [0.4, 0.5) is 13.2 Å². The molecule has 0 aliphatic heterocycles. The lowest BCUT2D eigenvalue weighted by atomic mass is 10.0. The first-order valence-corrected chi connectivity index (χ1v) is 4.49. The quantitative estimate of drug-likeness (QED) is 0.875. The topological polar surface area (TPSA) is 83.8 Å². The Morgan fingerprint density at radius 3 is 1.78 bits per heavy atom. The second-order valence-electron chi connectivity index (χ2n) is 3.30. The number of halogens is 3. The summed E-state index contributed by atoms with van der Waals surface area (Å²) in [6.07, 6.45) is -5.03. The number of alkyl halides is 3. The number of benzene rings is 1. The molecule has 0 atom stereocenters. The molecule has 0 fully saturated rings. The van der Waals surface area contributed by atoms with E-state index >= 15 is 0 Å². The molecule has 2 N–H and O–H groups in total. The van der Waals surface area contributed by atoms with Crippen LogP contribution in [-0.4, -0.2) is 28.5 Å². The van der Waals surface area contributed by atoms with Crippen molar-refractivity contribution >= 4 is 11.9 Å². The van der Waals surface area contributed by atoms with E-state index in [1.54, 1.807) is 0 Å². The van der Waals surface area contributed by atoms with Crippen LogP contribution in [0.3, 0.4) is 0 Å². The molecular weight excluding hydrogens is 257 g/mol. The molecule has 1 rings (SSSR count). The lowest BCUT2D eigenvalue weighted by molar-refractivity contribution is -0.274. The van der Waals surface area contributed by atoms with Crippen LogP contribution in [0.5, 0.6) is 5.75 Å². The van der Waals surface area contributed by atoms with Crippen LogP contribution >= 0.6 is 0 Å². The second-order valence-corrected chi connectivity index (χ2v) is 3.30. The van der Waals surface area contributed by atoms with Crippen LogP contribution in [-0.2, 0) is 0 Å². The minimum absolute atomic E-state index is 0.149. The first kappa shape index (κ1) is 13.8. The van der Waals surface area contributed by atoms with Gasteiger partial charge in [0.25, 0.3) is 0 Å². The monoisotopic (exact) mass is 264 g/mol. The van der Waals surface area contributed by atoms with Gasteiger partial charge < -0.3 is 14.9 Å². The highest BCUT2D eigenvalue weighted by Gasteiger charge is 2.32. The van der Waals surface area contributed by atoms with Crippen molar-refractivity contribution in [3.05, 3.63) is 28.8 Å². The van der Waals surface area contributed by atoms with Crippen molar-refractivity contribution in [2.75, 3.05) is 0 Å². The van der Waals surface area contributed by atoms with Crippen molar-refractivity contribution in [2.45, 2.75) is 13.3 Å². The SMILES string of the molecule is Cc1c(C(=O)O)cc(OC(F)(F)F)cc1C(=O)O. The Hall–Kier alpha value is -2.25. The van der Waals surface area contributed by atoms with Crippen LogP contribution in [0, 0.1) is 6.92 Å². The highest BCUT2D eigenvalue weighted by Crippen LogP contribution is 2.27. The third-order valence-electron chi connectivity index (χ3n) is 2.08. The summed E-state index contributed by atoms with van der Waals surface area (Å²) >= 11 is 0. The molecule has 0 spiro atoms. The van der Waals surface area contributed by atoms with Crippen LogP contribution in [0.1, 0.15) is 26.3 Å². The van der Waals surface area contributed by atoms with Gasteiger partial charge in [-0.1, -0.05) is 0 Å². The fourth-order valence-electron chi connectivity index (χ4n) is 1.32. The molecule has 0 saturated carbocycles. The summed E-state index contributed by atoms with van der Waals surface area (Å²) in [6, 6.07) is 1.25. The zero-order chi connectivity index (χ0) is 14.1. The minimum Gasteiger partial charge on any atom is -0.478 e. The van der Waals surface area contributed by atoms with E-state index in [-0.39, 0.29) is 5.56 Å². The number of carboxylic acid groups (broad SMARTS) is 2. The van der Waals surface area contributed by atoms with Gasteiger partial charge in [0, 0.05) is 0 Å². The Morgan fingerprint density at radius 1 is 1.11 bits per heavy atom. The summed E-state index contributed by atoms with van der Waals surface area (Å²) in [5.41, 5.74) is -1.27. The van der Waals surface area contributed by atoms with E-state index in [1.165, 1.54) is 6.92 Å². The molecule has 0 aromatic heterocycles. The summed E-state index contributed by atoms with van der Waals surface area (Å²) in [4.78, 5) is 21.6. The Bertz CT molecular complexity index is 472. The Balaban J connectivity index is 3.38.